The number of benzene rings is 1. The molecule has 0 bridgehead atoms. The largest absolute Gasteiger partial charge is 0.370 e. The van der Waals surface area contributed by atoms with Crippen molar-refractivity contribution < 1.29 is 13.3 Å². The minimum Gasteiger partial charge on any atom is -0.370 e. The van der Waals surface area contributed by atoms with Gasteiger partial charge in [0, 0.05) is 25.2 Å². The fourth-order valence-electron chi connectivity index (χ4n) is 2.59. The van der Waals surface area contributed by atoms with Gasteiger partial charge < -0.3 is 4.90 Å². The first-order chi connectivity index (χ1) is 9.70. The van der Waals surface area contributed by atoms with Crippen molar-refractivity contribution in [3.63, 3.8) is 0 Å². The van der Waals surface area contributed by atoms with E-state index in [0.717, 1.165) is 6.42 Å². The number of non-ortho nitro benzene ring substituents is 1. The van der Waals surface area contributed by atoms with Crippen molar-refractivity contribution in [3.8, 4) is 0 Å². The van der Waals surface area contributed by atoms with Gasteiger partial charge in [-0.1, -0.05) is 13.8 Å². The van der Waals surface area contributed by atoms with Crippen LogP contribution in [0.4, 0.5) is 11.4 Å². The number of piperidine rings is 1. The van der Waals surface area contributed by atoms with Crippen molar-refractivity contribution in [2.75, 3.05) is 18.0 Å². The van der Waals surface area contributed by atoms with E-state index in [-0.39, 0.29) is 10.6 Å². The Bertz CT molecular complexity index is 659. The van der Waals surface area contributed by atoms with Crippen molar-refractivity contribution >= 4 is 21.4 Å². The van der Waals surface area contributed by atoms with E-state index in [4.69, 9.17) is 5.14 Å². The third kappa shape index (κ3) is 3.33. The van der Waals surface area contributed by atoms with Crippen LogP contribution in [-0.4, -0.2) is 26.4 Å². The summed E-state index contributed by atoms with van der Waals surface area (Å²) in [5.41, 5.74) is 0.189. The molecular formula is C13H19N3O4S. The van der Waals surface area contributed by atoms with Gasteiger partial charge in [0.05, 0.1) is 10.6 Å². The summed E-state index contributed by atoms with van der Waals surface area (Å²) in [4.78, 5) is 12.2. The lowest BCUT2D eigenvalue weighted by atomic mass is 9.88. The smallest absolute Gasteiger partial charge is 0.271 e. The summed E-state index contributed by atoms with van der Waals surface area (Å²) in [5, 5.41) is 16.1. The molecule has 0 spiro atoms. The monoisotopic (exact) mass is 313 g/mol. The Balaban J connectivity index is 2.49. The predicted molar refractivity (Wildman–Crippen MR) is 79.6 cm³/mol. The number of nitrogens with two attached hydrogens (primary N) is 1. The average molecular weight is 313 g/mol. The summed E-state index contributed by atoms with van der Waals surface area (Å²) in [6, 6.07) is 3.67. The maximum atomic E-state index is 11.7. The Morgan fingerprint density at radius 3 is 2.52 bits per heavy atom. The van der Waals surface area contributed by atoms with Gasteiger partial charge in [-0.2, -0.15) is 0 Å². The molecule has 1 aromatic rings. The molecule has 1 heterocycles. The van der Waals surface area contributed by atoms with E-state index < -0.39 is 14.9 Å². The molecule has 2 rings (SSSR count). The zero-order valence-corrected chi connectivity index (χ0v) is 12.8. The van der Waals surface area contributed by atoms with E-state index in [1.54, 1.807) is 0 Å². The number of hydrogen-bond acceptors (Lipinski definition) is 5. The van der Waals surface area contributed by atoms with Crippen LogP contribution in [0.3, 0.4) is 0 Å². The summed E-state index contributed by atoms with van der Waals surface area (Å²) in [6.45, 7) is 5.56. The van der Waals surface area contributed by atoms with Crippen LogP contribution in [0.5, 0.6) is 0 Å². The molecule has 0 aromatic heterocycles. The second kappa shape index (κ2) is 5.61. The van der Waals surface area contributed by atoms with Crippen LogP contribution in [0.1, 0.15) is 20.3 Å². The molecule has 0 radical (unpaired) electrons. The Kier molecular flexibility index (Phi) is 4.20. The van der Waals surface area contributed by atoms with Gasteiger partial charge in [-0.05, 0) is 24.3 Å². The maximum absolute atomic E-state index is 11.7. The molecule has 21 heavy (non-hydrogen) atoms. The van der Waals surface area contributed by atoms with Gasteiger partial charge in [0.2, 0.25) is 10.0 Å². The number of hydrogen-bond donors (Lipinski definition) is 1. The number of nitro benzene ring substituents is 1. The van der Waals surface area contributed by atoms with E-state index in [1.165, 1.54) is 18.2 Å². The average Bonchev–Trinajstić information content (AvgIpc) is 2.40. The number of sulfonamides is 1. The van der Waals surface area contributed by atoms with Crippen LogP contribution in [0.2, 0.25) is 0 Å². The van der Waals surface area contributed by atoms with Crippen molar-refractivity contribution in [1.82, 2.24) is 0 Å². The van der Waals surface area contributed by atoms with Gasteiger partial charge in [-0.15, -0.1) is 0 Å². The van der Waals surface area contributed by atoms with Gasteiger partial charge in [-0.25, -0.2) is 13.6 Å². The molecule has 2 N–H and O–H groups in total. The molecule has 2 atom stereocenters. The molecule has 0 amide bonds. The highest BCUT2D eigenvalue weighted by Crippen LogP contribution is 2.33. The first kappa shape index (κ1) is 15.7. The van der Waals surface area contributed by atoms with Gasteiger partial charge in [-0.3, -0.25) is 10.1 Å². The highest BCUT2D eigenvalue weighted by Gasteiger charge is 2.28. The van der Waals surface area contributed by atoms with E-state index in [2.05, 4.69) is 13.8 Å². The van der Waals surface area contributed by atoms with Crippen LogP contribution < -0.4 is 10.0 Å². The Morgan fingerprint density at radius 2 is 2.00 bits per heavy atom. The number of nitrogens with zero attached hydrogens (tertiary/aromatic N) is 2. The minimum absolute atomic E-state index is 0.0603. The lowest BCUT2D eigenvalue weighted by Crippen LogP contribution is -2.39. The Labute approximate surface area is 123 Å². The lowest BCUT2D eigenvalue weighted by Gasteiger charge is -2.37. The van der Waals surface area contributed by atoms with Gasteiger partial charge in [0.25, 0.3) is 5.69 Å². The highest BCUT2D eigenvalue weighted by atomic mass is 32.2. The maximum Gasteiger partial charge on any atom is 0.271 e. The second-order valence-corrected chi connectivity index (χ2v) is 7.17. The van der Waals surface area contributed by atoms with E-state index in [9.17, 15) is 18.5 Å². The zero-order chi connectivity index (χ0) is 15.8. The summed E-state index contributed by atoms with van der Waals surface area (Å²) < 4.78 is 23.4. The fraction of sp³-hybridized carbons (Fsp3) is 0.538. The molecule has 0 saturated carbocycles. The van der Waals surface area contributed by atoms with Crippen LogP contribution in [0.25, 0.3) is 0 Å². The number of nitro groups is 1. The fourth-order valence-corrected chi connectivity index (χ4v) is 3.33. The third-order valence-corrected chi connectivity index (χ3v) is 5.09. The topological polar surface area (TPSA) is 107 Å². The molecule has 0 aliphatic carbocycles. The van der Waals surface area contributed by atoms with Crippen molar-refractivity contribution in [1.29, 1.82) is 0 Å². The highest BCUT2D eigenvalue weighted by molar-refractivity contribution is 7.89. The Hall–Kier alpha value is -1.67. The third-order valence-electron chi connectivity index (χ3n) is 4.13. The predicted octanol–water partition coefficient (Wildman–Crippen LogP) is 1.72. The van der Waals surface area contributed by atoms with E-state index in [1.807, 2.05) is 4.90 Å². The molecule has 7 nitrogen and oxygen atoms in total. The number of anilines is 1. The van der Waals surface area contributed by atoms with Gasteiger partial charge in [0.15, 0.2) is 0 Å². The van der Waals surface area contributed by atoms with Crippen molar-refractivity contribution in [3.05, 3.63) is 28.3 Å². The normalized spacial score (nSPS) is 23.1. The zero-order valence-electron chi connectivity index (χ0n) is 12.0. The van der Waals surface area contributed by atoms with E-state index >= 15 is 0 Å². The molecular weight excluding hydrogens is 294 g/mol. The van der Waals surface area contributed by atoms with Gasteiger partial charge >= 0.3 is 0 Å². The molecule has 1 saturated heterocycles. The minimum atomic E-state index is -3.92. The second-order valence-electron chi connectivity index (χ2n) is 5.64. The summed E-state index contributed by atoms with van der Waals surface area (Å²) in [6.07, 6.45) is 0.911. The number of primary sulfonamides is 1. The quantitative estimate of drug-likeness (QED) is 0.675. The van der Waals surface area contributed by atoms with Crippen LogP contribution in [0.15, 0.2) is 23.1 Å². The summed E-state index contributed by atoms with van der Waals surface area (Å²) in [5.74, 6) is 0.921. The summed E-state index contributed by atoms with van der Waals surface area (Å²) >= 11 is 0. The van der Waals surface area contributed by atoms with Crippen LogP contribution >= 0.6 is 0 Å². The van der Waals surface area contributed by atoms with Crippen molar-refractivity contribution in [2.24, 2.45) is 17.0 Å². The Morgan fingerprint density at radius 1 is 1.33 bits per heavy atom. The van der Waals surface area contributed by atoms with E-state index in [0.29, 0.717) is 30.6 Å². The molecule has 1 fully saturated rings. The molecule has 2 unspecified atom stereocenters. The standard InChI is InChI=1S/C13H19N3O4S/c1-9-5-6-15(8-10(9)2)12-7-11(16(17)18)3-4-13(12)21(14,19)20/h3-4,7,9-10H,5-6,8H2,1-2H3,(H2,14,19,20). The first-order valence-electron chi connectivity index (χ1n) is 6.76. The van der Waals surface area contributed by atoms with Crippen molar-refractivity contribution in [2.45, 2.75) is 25.2 Å². The SMILES string of the molecule is CC1CCN(c2cc([N+](=O)[O-])ccc2S(N)(=O)=O)CC1C. The van der Waals surface area contributed by atoms with Gasteiger partial charge in [0.1, 0.15) is 4.90 Å². The molecule has 1 aromatic carbocycles. The summed E-state index contributed by atoms with van der Waals surface area (Å²) in [7, 11) is -3.92. The van der Waals surface area contributed by atoms with Crippen LogP contribution in [-0.2, 0) is 10.0 Å². The molecule has 8 heteroatoms. The number of rotatable bonds is 3. The lowest BCUT2D eigenvalue weighted by molar-refractivity contribution is -0.384. The molecule has 116 valence electrons. The molecule has 1 aliphatic rings. The molecule has 1 aliphatic heterocycles. The first-order valence-corrected chi connectivity index (χ1v) is 8.31. The van der Waals surface area contributed by atoms with Crippen LogP contribution in [0, 0.1) is 22.0 Å².